The minimum absolute atomic E-state index is 0.254. The predicted octanol–water partition coefficient (Wildman–Crippen LogP) is 14.0. The summed E-state index contributed by atoms with van der Waals surface area (Å²) in [5, 5.41) is 2.58. The van der Waals surface area contributed by atoms with E-state index < -0.39 is 0 Å². The monoisotopic (exact) mass is 690 g/mol. The molecule has 0 spiro atoms. The van der Waals surface area contributed by atoms with Crippen molar-refractivity contribution in [1.82, 2.24) is 0 Å². The lowest BCUT2D eigenvalue weighted by molar-refractivity contribution is 0.745. The zero-order valence-electron chi connectivity index (χ0n) is 29.8. The highest BCUT2D eigenvalue weighted by Gasteiger charge is 2.38. The van der Waals surface area contributed by atoms with Gasteiger partial charge in [-0.25, -0.2) is 0 Å². The van der Waals surface area contributed by atoms with Crippen molar-refractivity contribution in [3.05, 3.63) is 224 Å². The molecule has 1 heterocycles. The Morgan fingerprint density at radius 3 is 1.59 bits per heavy atom. The highest BCUT2D eigenvalue weighted by molar-refractivity contribution is 6.00. The van der Waals surface area contributed by atoms with Gasteiger partial charge in [0.2, 0.25) is 0 Å². The summed E-state index contributed by atoms with van der Waals surface area (Å²) in [6.45, 7) is 0. The second-order valence-corrected chi connectivity index (χ2v) is 14.1. The molecule has 1 aliphatic heterocycles. The Balaban J connectivity index is 0.976. The van der Waals surface area contributed by atoms with Gasteiger partial charge in [0.1, 0.15) is 0 Å². The highest BCUT2D eigenvalue weighted by Crippen LogP contribution is 2.51. The fraction of sp³-hybridized carbons (Fsp3) is 0.0385. The van der Waals surface area contributed by atoms with E-state index in [1.54, 1.807) is 0 Å². The zero-order valence-corrected chi connectivity index (χ0v) is 29.8. The first-order valence-corrected chi connectivity index (χ1v) is 18.8. The van der Waals surface area contributed by atoms with Gasteiger partial charge in [0.05, 0.1) is 11.7 Å². The molecule has 0 N–H and O–H groups in total. The SMILES string of the molecule is C1=CC2c3ccc4ccccc4c3N(c3ccc(-c4ccccc4-c4ccc(N(c5ccccc5)c5ccc(-c6ccccc6)cc5)cc4)cc3)C2C=C1. The van der Waals surface area contributed by atoms with Crippen molar-refractivity contribution in [3.8, 4) is 33.4 Å². The van der Waals surface area contributed by atoms with Crippen LogP contribution in [0.1, 0.15) is 11.5 Å². The van der Waals surface area contributed by atoms with Crippen LogP contribution in [0.2, 0.25) is 0 Å². The fourth-order valence-corrected chi connectivity index (χ4v) is 8.43. The standard InChI is InChI=1S/C52H38N2/c1-3-13-37(14-4-1)38-23-30-43(31-24-38)53(42-16-5-2-6-17-42)44-32-25-40(26-33-44)46-18-9-10-19-47(46)41-27-34-45(35-28-41)54-51-22-12-11-21-49(51)50-36-29-39-15-7-8-20-48(39)52(50)54/h1-36,49,51H. The van der Waals surface area contributed by atoms with Crippen LogP contribution in [-0.2, 0) is 0 Å². The van der Waals surface area contributed by atoms with Crippen LogP contribution < -0.4 is 9.80 Å². The molecular formula is C52H38N2. The summed E-state index contributed by atoms with van der Waals surface area (Å²) in [6.07, 6.45) is 9.09. The maximum atomic E-state index is 2.55. The molecule has 256 valence electrons. The number of anilines is 5. The average Bonchev–Trinajstić information content (AvgIpc) is 3.60. The molecule has 0 radical (unpaired) electrons. The predicted molar refractivity (Wildman–Crippen MR) is 228 cm³/mol. The van der Waals surface area contributed by atoms with Crippen molar-refractivity contribution in [1.29, 1.82) is 0 Å². The molecule has 2 nitrogen and oxygen atoms in total. The second kappa shape index (κ2) is 13.6. The smallest absolute Gasteiger partial charge is 0.0629 e. The van der Waals surface area contributed by atoms with Crippen LogP contribution in [0.5, 0.6) is 0 Å². The minimum atomic E-state index is 0.254. The van der Waals surface area contributed by atoms with Crippen LogP contribution in [0.3, 0.4) is 0 Å². The first-order chi connectivity index (χ1) is 26.8. The Morgan fingerprint density at radius 2 is 0.907 bits per heavy atom. The number of para-hydroxylation sites is 1. The molecule has 0 saturated carbocycles. The third-order valence-electron chi connectivity index (χ3n) is 11.0. The fourth-order valence-electron chi connectivity index (χ4n) is 8.43. The van der Waals surface area contributed by atoms with E-state index in [0.29, 0.717) is 5.92 Å². The van der Waals surface area contributed by atoms with Crippen LogP contribution >= 0.6 is 0 Å². The van der Waals surface area contributed by atoms with E-state index >= 15 is 0 Å². The number of benzene rings is 8. The summed E-state index contributed by atoms with van der Waals surface area (Å²) < 4.78 is 0. The molecule has 0 amide bonds. The number of hydrogen-bond acceptors (Lipinski definition) is 2. The van der Waals surface area contributed by atoms with Gasteiger partial charge in [-0.15, -0.1) is 0 Å². The Kier molecular flexibility index (Phi) is 8.00. The summed E-state index contributed by atoms with van der Waals surface area (Å²) in [5.41, 5.74) is 14.5. The number of rotatable bonds is 7. The van der Waals surface area contributed by atoms with Crippen LogP contribution in [0.15, 0.2) is 218 Å². The summed E-state index contributed by atoms with van der Waals surface area (Å²) in [5.74, 6) is 0.337. The van der Waals surface area contributed by atoms with E-state index in [1.165, 1.54) is 61.1 Å². The lowest BCUT2D eigenvalue weighted by Crippen LogP contribution is -2.28. The van der Waals surface area contributed by atoms with Gasteiger partial charge in [-0.3, -0.25) is 0 Å². The molecule has 0 bridgehead atoms. The molecule has 0 saturated heterocycles. The van der Waals surface area contributed by atoms with E-state index in [9.17, 15) is 0 Å². The molecule has 8 aromatic rings. The number of hydrogen-bond donors (Lipinski definition) is 0. The third kappa shape index (κ3) is 5.60. The van der Waals surface area contributed by atoms with Gasteiger partial charge in [0.25, 0.3) is 0 Å². The topological polar surface area (TPSA) is 6.48 Å². The van der Waals surface area contributed by atoms with Crippen LogP contribution in [0.25, 0.3) is 44.2 Å². The van der Waals surface area contributed by atoms with Crippen LogP contribution in [-0.4, -0.2) is 6.04 Å². The summed E-state index contributed by atoms with van der Waals surface area (Å²) in [6, 6.07) is 70.6. The van der Waals surface area contributed by atoms with Crippen molar-refractivity contribution in [2.24, 2.45) is 0 Å². The number of fused-ring (bicyclic) bond motifs is 5. The maximum Gasteiger partial charge on any atom is 0.0629 e. The molecular weight excluding hydrogens is 653 g/mol. The first-order valence-electron chi connectivity index (χ1n) is 18.8. The molecule has 54 heavy (non-hydrogen) atoms. The number of allylic oxidation sites excluding steroid dienone is 2. The van der Waals surface area contributed by atoms with Crippen molar-refractivity contribution >= 4 is 39.2 Å². The molecule has 10 rings (SSSR count). The molecule has 2 unspecified atom stereocenters. The molecule has 0 fully saturated rings. The van der Waals surface area contributed by atoms with Crippen molar-refractivity contribution in [2.75, 3.05) is 9.80 Å². The Labute approximate surface area is 317 Å². The maximum absolute atomic E-state index is 2.55. The lowest BCUT2D eigenvalue weighted by Gasteiger charge is -2.29. The Bertz CT molecular complexity index is 2640. The quantitative estimate of drug-likeness (QED) is 0.164. The van der Waals surface area contributed by atoms with Gasteiger partial charge >= 0.3 is 0 Å². The molecule has 2 heteroatoms. The molecule has 1 aliphatic carbocycles. The van der Waals surface area contributed by atoms with E-state index in [1.807, 2.05) is 0 Å². The van der Waals surface area contributed by atoms with Gasteiger partial charge in [-0.05, 0) is 92.9 Å². The molecule has 2 aliphatic rings. The summed E-state index contributed by atoms with van der Waals surface area (Å²) >= 11 is 0. The molecule has 2 atom stereocenters. The van der Waals surface area contributed by atoms with Crippen molar-refractivity contribution in [2.45, 2.75) is 12.0 Å². The van der Waals surface area contributed by atoms with Crippen LogP contribution in [0, 0.1) is 0 Å². The molecule has 8 aromatic carbocycles. The van der Waals surface area contributed by atoms with E-state index in [4.69, 9.17) is 0 Å². The lowest BCUT2D eigenvalue weighted by atomic mass is 9.90. The van der Waals surface area contributed by atoms with Gasteiger partial charge in [0.15, 0.2) is 0 Å². The first kappa shape index (κ1) is 31.8. The van der Waals surface area contributed by atoms with Gasteiger partial charge < -0.3 is 9.80 Å². The van der Waals surface area contributed by atoms with Crippen LogP contribution in [0.4, 0.5) is 28.4 Å². The van der Waals surface area contributed by atoms with Crippen molar-refractivity contribution in [3.63, 3.8) is 0 Å². The van der Waals surface area contributed by atoms with E-state index in [2.05, 4.69) is 228 Å². The van der Waals surface area contributed by atoms with Gasteiger partial charge in [-0.1, -0.05) is 170 Å². The van der Waals surface area contributed by atoms with Gasteiger partial charge in [-0.2, -0.15) is 0 Å². The summed E-state index contributed by atoms with van der Waals surface area (Å²) in [7, 11) is 0. The van der Waals surface area contributed by atoms with Crippen molar-refractivity contribution < 1.29 is 0 Å². The highest BCUT2D eigenvalue weighted by atomic mass is 15.2. The van der Waals surface area contributed by atoms with Gasteiger partial charge in [0, 0.05) is 34.1 Å². The van der Waals surface area contributed by atoms with E-state index in [0.717, 1.165) is 17.1 Å². The Hall–Kier alpha value is -6.90. The summed E-state index contributed by atoms with van der Waals surface area (Å²) in [4.78, 5) is 4.87. The van der Waals surface area contributed by atoms with E-state index in [-0.39, 0.29) is 6.04 Å². The zero-order chi connectivity index (χ0) is 35.8. The third-order valence-corrected chi connectivity index (χ3v) is 11.0. The molecule has 0 aromatic heterocycles. The Morgan fingerprint density at radius 1 is 0.389 bits per heavy atom. The largest absolute Gasteiger partial charge is 0.333 e. The number of nitrogens with zero attached hydrogens (tertiary/aromatic N) is 2. The second-order valence-electron chi connectivity index (χ2n) is 14.1. The normalized spacial score (nSPS) is 15.6. The average molecular weight is 691 g/mol. The minimum Gasteiger partial charge on any atom is -0.333 e.